The normalized spacial score (nSPS) is 10.9. The minimum atomic E-state index is -0.853. The molecule has 0 spiro atoms. The number of carboxylic acid groups (broad SMARTS) is 1. The predicted molar refractivity (Wildman–Crippen MR) is 58.1 cm³/mol. The minimum Gasteiger partial charge on any atom is -0.481 e. The van der Waals surface area contributed by atoms with Crippen LogP contribution in [0.2, 0.25) is 0 Å². The summed E-state index contributed by atoms with van der Waals surface area (Å²) in [5.41, 5.74) is 0. The number of aromatic nitrogens is 3. The van der Waals surface area contributed by atoms with E-state index in [1.165, 1.54) is 0 Å². The van der Waals surface area contributed by atoms with Crippen molar-refractivity contribution in [2.24, 2.45) is 0 Å². The summed E-state index contributed by atoms with van der Waals surface area (Å²) >= 11 is 1.13. The van der Waals surface area contributed by atoms with Gasteiger partial charge in [-0.1, -0.05) is 25.6 Å². The number of hydrogen-bond donors (Lipinski definition) is 2. The first-order chi connectivity index (χ1) is 7.17. The molecule has 0 saturated heterocycles. The van der Waals surface area contributed by atoms with Crippen LogP contribution in [0.15, 0.2) is 5.16 Å². The molecule has 0 fully saturated rings. The highest BCUT2D eigenvalue weighted by molar-refractivity contribution is 7.99. The molecule has 15 heavy (non-hydrogen) atoms. The Morgan fingerprint density at radius 2 is 2.20 bits per heavy atom. The molecule has 0 aliphatic heterocycles. The number of nitrogens with zero attached hydrogens (tertiary/aromatic N) is 2. The molecule has 5 nitrogen and oxygen atoms in total. The Morgan fingerprint density at radius 1 is 1.53 bits per heavy atom. The molecular weight excluding hydrogens is 214 g/mol. The zero-order chi connectivity index (χ0) is 11.3. The third-order valence-corrected chi connectivity index (χ3v) is 3.01. The molecule has 1 aromatic rings. The topological polar surface area (TPSA) is 78.9 Å². The highest BCUT2D eigenvalue weighted by Crippen LogP contribution is 2.21. The molecule has 0 aromatic carbocycles. The minimum absolute atomic E-state index is 0.000208. The third-order valence-electron chi connectivity index (χ3n) is 2.18. The number of rotatable bonds is 6. The van der Waals surface area contributed by atoms with Crippen molar-refractivity contribution >= 4 is 17.7 Å². The zero-order valence-corrected chi connectivity index (χ0v) is 9.67. The van der Waals surface area contributed by atoms with E-state index in [1.54, 1.807) is 0 Å². The molecule has 0 aliphatic carbocycles. The number of nitrogens with one attached hydrogen (secondary N) is 1. The van der Waals surface area contributed by atoms with Crippen molar-refractivity contribution in [3.8, 4) is 0 Å². The summed E-state index contributed by atoms with van der Waals surface area (Å²) < 4.78 is 0. The van der Waals surface area contributed by atoms with E-state index in [1.807, 2.05) is 0 Å². The van der Waals surface area contributed by atoms with E-state index in [9.17, 15) is 4.79 Å². The van der Waals surface area contributed by atoms with Crippen LogP contribution in [0.3, 0.4) is 0 Å². The van der Waals surface area contributed by atoms with Crippen LogP contribution in [0.5, 0.6) is 0 Å². The van der Waals surface area contributed by atoms with Gasteiger partial charge in [-0.3, -0.25) is 9.89 Å². The van der Waals surface area contributed by atoms with Crippen LogP contribution < -0.4 is 0 Å². The molecule has 1 heterocycles. The molecule has 0 radical (unpaired) electrons. The van der Waals surface area contributed by atoms with Crippen LogP contribution in [-0.2, 0) is 4.79 Å². The standard InChI is InChI=1S/C9H15N3O2S/c1-3-6(4-2)8-10-9(12-11-8)15-5-7(13)14/h6H,3-5H2,1-2H3,(H,13,14)(H,10,11,12). The summed E-state index contributed by atoms with van der Waals surface area (Å²) in [6, 6.07) is 0. The first kappa shape index (κ1) is 12.0. The van der Waals surface area contributed by atoms with E-state index in [2.05, 4.69) is 29.0 Å². The monoisotopic (exact) mass is 229 g/mol. The van der Waals surface area contributed by atoms with Crippen LogP contribution in [-0.4, -0.2) is 32.0 Å². The third kappa shape index (κ3) is 3.54. The number of aromatic amines is 1. The van der Waals surface area contributed by atoms with E-state index >= 15 is 0 Å². The number of aliphatic carboxylic acids is 1. The highest BCUT2D eigenvalue weighted by atomic mass is 32.2. The summed E-state index contributed by atoms with van der Waals surface area (Å²) in [5, 5.41) is 15.8. The van der Waals surface area contributed by atoms with Gasteiger partial charge in [0.1, 0.15) is 5.82 Å². The first-order valence-corrected chi connectivity index (χ1v) is 5.92. The molecule has 0 unspecified atom stereocenters. The van der Waals surface area contributed by atoms with Crippen LogP contribution in [0.4, 0.5) is 0 Å². The van der Waals surface area contributed by atoms with E-state index in [0.717, 1.165) is 30.4 Å². The zero-order valence-electron chi connectivity index (χ0n) is 8.86. The fraction of sp³-hybridized carbons (Fsp3) is 0.667. The Labute approximate surface area is 92.7 Å². The second-order valence-electron chi connectivity index (χ2n) is 3.20. The van der Waals surface area contributed by atoms with Crippen molar-refractivity contribution in [3.63, 3.8) is 0 Å². The average molecular weight is 229 g/mol. The van der Waals surface area contributed by atoms with Crippen molar-refractivity contribution in [3.05, 3.63) is 5.82 Å². The van der Waals surface area contributed by atoms with Gasteiger partial charge in [0.05, 0.1) is 5.75 Å². The van der Waals surface area contributed by atoms with Crippen molar-refractivity contribution in [1.82, 2.24) is 15.2 Å². The number of thioether (sulfide) groups is 1. The highest BCUT2D eigenvalue weighted by Gasteiger charge is 2.12. The SMILES string of the molecule is CCC(CC)c1nc(SCC(=O)O)n[nH]1. The van der Waals surface area contributed by atoms with Gasteiger partial charge in [0.15, 0.2) is 0 Å². The van der Waals surface area contributed by atoms with Crippen LogP contribution in [0.1, 0.15) is 38.4 Å². The van der Waals surface area contributed by atoms with Gasteiger partial charge in [-0.15, -0.1) is 5.10 Å². The van der Waals surface area contributed by atoms with Gasteiger partial charge < -0.3 is 5.11 Å². The molecule has 6 heteroatoms. The van der Waals surface area contributed by atoms with Crippen LogP contribution in [0.25, 0.3) is 0 Å². The first-order valence-electron chi connectivity index (χ1n) is 4.94. The summed E-state index contributed by atoms with van der Waals surface area (Å²) in [6.45, 7) is 4.20. The Bertz CT molecular complexity index is 323. The lowest BCUT2D eigenvalue weighted by molar-refractivity contribution is -0.133. The summed E-state index contributed by atoms with van der Waals surface area (Å²) in [7, 11) is 0. The fourth-order valence-corrected chi connectivity index (χ4v) is 1.83. The van der Waals surface area contributed by atoms with Crippen molar-refractivity contribution < 1.29 is 9.90 Å². The molecule has 2 N–H and O–H groups in total. The number of H-pyrrole nitrogens is 1. The van der Waals surface area contributed by atoms with Gasteiger partial charge in [-0.05, 0) is 12.8 Å². The summed E-state index contributed by atoms with van der Waals surface area (Å²) in [4.78, 5) is 14.6. The smallest absolute Gasteiger partial charge is 0.313 e. The van der Waals surface area contributed by atoms with Crippen molar-refractivity contribution in [1.29, 1.82) is 0 Å². The van der Waals surface area contributed by atoms with Crippen molar-refractivity contribution in [2.75, 3.05) is 5.75 Å². The number of carboxylic acids is 1. The molecular formula is C9H15N3O2S. The van der Waals surface area contributed by atoms with E-state index in [-0.39, 0.29) is 5.75 Å². The lowest BCUT2D eigenvalue weighted by atomic mass is 10.0. The average Bonchev–Trinajstić information content (AvgIpc) is 2.65. The fourth-order valence-electron chi connectivity index (χ4n) is 1.31. The Balaban J connectivity index is 2.59. The van der Waals surface area contributed by atoms with Gasteiger partial charge in [0, 0.05) is 5.92 Å². The van der Waals surface area contributed by atoms with Gasteiger partial charge in [-0.25, -0.2) is 4.98 Å². The second kappa shape index (κ2) is 5.75. The number of hydrogen-bond acceptors (Lipinski definition) is 4. The molecule has 0 atom stereocenters. The maximum absolute atomic E-state index is 10.3. The number of carbonyl (C=O) groups is 1. The van der Waals surface area contributed by atoms with Gasteiger partial charge in [0.25, 0.3) is 0 Å². The maximum Gasteiger partial charge on any atom is 0.313 e. The van der Waals surface area contributed by atoms with Crippen LogP contribution >= 0.6 is 11.8 Å². The summed E-state index contributed by atoms with van der Waals surface area (Å²) in [5.74, 6) is 0.388. The summed E-state index contributed by atoms with van der Waals surface area (Å²) in [6.07, 6.45) is 2.02. The van der Waals surface area contributed by atoms with Gasteiger partial charge >= 0.3 is 5.97 Å². The lowest BCUT2D eigenvalue weighted by Crippen LogP contribution is -1.99. The Kier molecular flexibility index (Phi) is 4.61. The van der Waals surface area contributed by atoms with Gasteiger partial charge in [-0.2, -0.15) is 0 Å². The molecule has 0 amide bonds. The molecule has 0 saturated carbocycles. The molecule has 84 valence electrons. The maximum atomic E-state index is 10.3. The second-order valence-corrected chi connectivity index (χ2v) is 4.14. The molecule has 0 bridgehead atoms. The Morgan fingerprint density at radius 3 is 2.73 bits per heavy atom. The van der Waals surface area contributed by atoms with Crippen LogP contribution in [0, 0.1) is 0 Å². The molecule has 0 aliphatic rings. The van der Waals surface area contributed by atoms with E-state index < -0.39 is 5.97 Å². The predicted octanol–water partition coefficient (Wildman–Crippen LogP) is 1.88. The Hall–Kier alpha value is -1.04. The van der Waals surface area contributed by atoms with Gasteiger partial charge in [0.2, 0.25) is 5.16 Å². The molecule has 1 rings (SSSR count). The molecule has 1 aromatic heterocycles. The van der Waals surface area contributed by atoms with E-state index in [4.69, 9.17) is 5.11 Å². The largest absolute Gasteiger partial charge is 0.481 e. The van der Waals surface area contributed by atoms with E-state index in [0.29, 0.717) is 11.1 Å². The lowest BCUT2D eigenvalue weighted by Gasteiger charge is -2.06. The van der Waals surface area contributed by atoms with Crippen molar-refractivity contribution in [2.45, 2.75) is 37.8 Å². The quantitative estimate of drug-likeness (QED) is 0.728.